The molecule has 0 unspecified atom stereocenters. The zero-order valence-electron chi connectivity index (χ0n) is 17.5. The van der Waals surface area contributed by atoms with Crippen molar-refractivity contribution >= 4 is 45.1 Å². The number of rotatable bonds is 13. The maximum absolute atomic E-state index is 12.0. The molecule has 0 spiro atoms. The van der Waals surface area contributed by atoms with Crippen molar-refractivity contribution in [2.75, 3.05) is 11.5 Å². The molecule has 0 amide bonds. The second-order valence-corrected chi connectivity index (χ2v) is 9.55. The predicted molar refractivity (Wildman–Crippen MR) is 130 cm³/mol. The van der Waals surface area contributed by atoms with Crippen LogP contribution in [0.15, 0.2) is 58.3 Å². The first-order valence-electron chi connectivity index (χ1n) is 10.7. The number of para-hydroxylation sites is 2. The maximum Gasteiger partial charge on any atom is 0.193 e. The predicted octanol–water partition coefficient (Wildman–Crippen LogP) is 6.69. The summed E-state index contributed by atoms with van der Waals surface area (Å²) in [4.78, 5) is 25.8. The summed E-state index contributed by atoms with van der Waals surface area (Å²) in [5.41, 5.74) is 13.1. The second-order valence-electron chi connectivity index (χ2n) is 7.35. The van der Waals surface area contributed by atoms with Crippen molar-refractivity contribution in [3.63, 3.8) is 0 Å². The highest BCUT2D eigenvalue weighted by Gasteiger charge is 2.08. The lowest BCUT2D eigenvalue weighted by Crippen LogP contribution is -1.95. The number of benzene rings is 2. The molecule has 6 heteroatoms. The molecule has 2 aromatic carbocycles. The molecule has 0 fully saturated rings. The minimum atomic E-state index is 0.188. The first-order valence-corrected chi connectivity index (χ1v) is 12.3. The third-order valence-electron chi connectivity index (χ3n) is 4.80. The van der Waals surface area contributed by atoms with Crippen molar-refractivity contribution in [3.8, 4) is 0 Å². The van der Waals surface area contributed by atoms with Crippen molar-refractivity contribution in [1.82, 2.24) is 0 Å². The second kappa shape index (κ2) is 14.1. The molecule has 30 heavy (non-hydrogen) atoms. The summed E-state index contributed by atoms with van der Waals surface area (Å²) in [6, 6.07) is 15.0. The fourth-order valence-electron chi connectivity index (χ4n) is 3.09. The monoisotopic (exact) mass is 444 g/mol. The molecule has 162 valence electrons. The van der Waals surface area contributed by atoms with Crippen molar-refractivity contribution in [2.45, 2.75) is 74.0 Å². The lowest BCUT2D eigenvalue weighted by Gasteiger charge is -2.05. The van der Waals surface area contributed by atoms with Gasteiger partial charge in [0.15, 0.2) is 10.2 Å². The molecule has 0 aliphatic carbocycles. The Labute approximate surface area is 188 Å². The molecule has 0 aliphatic rings. The summed E-state index contributed by atoms with van der Waals surface area (Å²) in [7, 11) is 0. The Balaban J connectivity index is 1.42. The molecule has 2 rings (SSSR count). The van der Waals surface area contributed by atoms with Crippen LogP contribution in [0, 0.1) is 0 Å². The highest BCUT2D eigenvalue weighted by Crippen LogP contribution is 2.28. The van der Waals surface area contributed by atoms with Crippen molar-refractivity contribution in [2.24, 2.45) is 0 Å². The molecule has 4 N–H and O–H groups in total. The van der Waals surface area contributed by atoms with Crippen LogP contribution in [-0.2, 0) is 9.59 Å². The molecule has 0 saturated heterocycles. The molecule has 4 nitrogen and oxygen atoms in total. The van der Waals surface area contributed by atoms with Gasteiger partial charge in [-0.15, -0.1) is 0 Å². The average molecular weight is 445 g/mol. The SMILES string of the molecule is Nc1ccccc1SC(=O)CCCCCCCCCCC(=O)Sc1ccccc1N. The molecule has 0 aromatic heterocycles. The van der Waals surface area contributed by atoms with Gasteiger partial charge in [0.1, 0.15) is 0 Å². The van der Waals surface area contributed by atoms with Crippen LogP contribution in [0.4, 0.5) is 11.4 Å². The molecule has 0 bridgehead atoms. The van der Waals surface area contributed by atoms with Crippen LogP contribution in [0.3, 0.4) is 0 Å². The van der Waals surface area contributed by atoms with Gasteiger partial charge in [-0.2, -0.15) is 0 Å². The van der Waals surface area contributed by atoms with Gasteiger partial charge in [0.25, 0.3) is 0 Å². The number of carbonyl (C=O) groups excluding carboxylic acids is 2. The van der Waals surface area contributed by atoms with Gasteiger partial charge >= 0.3 is 0 Å². The fourth-order valence-corrected chi connectivity index (χ4v) is 4.74. The summed E-state index contributed by atoms with van der Waals surface area (Å²) in [5, 5.41) is 0.375. The fraction of sp³-hybridized carbons (Fsp3) is 0.417. The summed E-state index contributed by atoms with van der Waals surface area (Å²) in [5.74, 6) is 0. The quantitative estimate of drug-likeness (QED) is 0.203. The zero-order valence-corrected chi connectivity index (χ0v) is 19.1. The van der Waals surface area contributed by atoms with E-state index in [1.165, 1.54) is 36.4 Å². The van der Waals surface area contributed by atoms with E-state index in [4.69, 9.17) is 11.5 Å². The van der Waals surface area contributed by atoms with Crippen LogP contribution in [-0.4, -0.2) is 10.2 Å². The Morgan fingerprint density at radius 3 is 1.27 bits per heavy atom. The van der Waals surface area contributed by atoms with Gasteiger partial charge < -0.3 is 11.5 Å². The highest BCUT2D eigenvalue weighted by atomic mass is 32.2. The number of unbranched alkanes of at least 4 members (excludes halogenated alkanes) is 7. The first kappa shape index (κ1) is 24.4. The van der Waals surface area contributed by atoms with E-state index >= 15 is 0 Å². The lowest BCUT2D eigenvalue weighted by atomic mass is 10.1. The maximum atomic E-state index is 12.0. The van der Waals surface area contributed by atoms with E-state index in [0.717, 1.165) is 48.3 Å². The third kappa shape index (κ3) is 9.72. The third-order valence-corrected chi connectivity index (χ3v) is 6.84. The molecule has 0 saturated carbocycles. The van der Waals surface area contributed by atoms with E-state index < -0.39 is 0 Å². The number of hydrogen-bond acceptors (Lipinski definition) is 6. The average Bonchev–Trinajstić information content (AvgIpc) is 2.73. The van der Waals surface area contributed by atoms with Gasteiger partial charge in [-0.05, 0) is 60.6 Å². The molecule has 0 radical (unpaired) electrons. The number of thioether (sulfide) groups is 2. The van der Waals surface area contributed by atoms with Crippen LogP contribution >= 0.6 is 23.5 Å². The number of hydrogen-bond donors (Lipinski definition) is 2. The van der Waals surface area contributed by atoms with Gasteiger partial charge in [0, 0.05) is 34.0 Å². The minimum Gasteiger partial charge on any atom is -0.398 e. The Morgan fingerprint density at radius 2 is 0.900 bits per heavy atom. The number of nitrogens with two attached hydrogens (primary N) is 2. The largest absolute Gasteiger partial charge is 0.398 e. The Bertz CT molecular complexity index is 744. The van der Waals surface area contributed by atoms with Crippen molar-refractivity contribution in [3.05, 3.63) is 48.5 Å². The summed E-state index contributed by atoms with van der Waals surface area (Å²) >= 11 is 2.50. The van der Waals surface area contributed by atoms with Crippen LogP contribution < -0.4 is 11.5 Å². The van der Waals surface area contributed by atoms with Gasteiger partial charge in [0.2, 0.25) is 0 Å². The van der Waals surface area contributed by atoms with Gasteiger partial charge in [-0.1, -0.05) is 62.8 Å². The number of nitrogen functional groups attached to an aromatic ring is 2. The normalized spacial score (nSPS) is 10.8. The highest BCUT2D eigenvalue weighted by molar-refractivity contribution is 8.14. The van der Waals surface area contributed by atoms with Gasteiger partial charge in [-0.3, -0.25) is 9.59 Å². The molecular weight excluding hydrogens is 412 g/mol. The Kier molecular flexibility index (Phi) is 11.5. The smallest absolute Gasteiger partial charge is 0.193 e. The van der Waals surface area contributed by atoms with Gasteiger partial charge in [0.05, 0.1) is 0 Å². The Hall–Kier alpha value is -1.92. The van der Waals surface area contributed by atoms with E-state index in [1.54, 1.807) is 0 Å². The van der Waals surface area contributed by atoms with E-state index in [-0.39, 0.29) is 10.2 Å². The van der Waals surface area contributed by atoms with Gasteiger partial charge in [-0.25, -0.2) is 0 Å². The molecule has 0 aliphatic heterocycles. The molecule has 0 atom stereocenters. The minimum absolute atomic E-state index is 0.188. The first-order chi connectivity index (χ1) is 14.6. The van der Waals surface area contributed by atoms with E-state index in [2.05, 4.69) is 0 Å². The molecular formula is C24H32N2O2S2. The molecule has 2 aromatic rings. The molecule has 0 heterocycles. The van der Waals surface area contributed by atoms with Crippen LogP contribution in [0.25, 0.3) is 0 Å². The standard InChI is InChI=1S/C24H32N2O2S2/c25-19-13-9-11-15-21(19)29-23(27)17-7-5-3-1-2-4-6-8-18-24(28)30-22-16-12-10-14-20(22)26/h9-16H,1-8,17-18,25-26H2. The number of carbonyl (C=O) groups is 2. The van der Waals surface area contributed by atoms with Crippen LogP contribution in [0.1, 0.15) is 64.2 Å². The van der Waals surface area contributed by atoms with E-state index in [1.807, 2.05) is 48.5 Å². The van der Waals surface area contributed by atoms with E-state index in [9.17, 15) is 9.59 Å². The Morgan fingerprint density at radius 1 is 0.567 bits per heavy atom. The topological polar surface area (TPSA) is 86.2 Å². The summed E-state index contributed by atoms with van der Waals surface area (Å²) in [6.07, 6.45) is 9.96. The van der Waals surface area contributed by atoms with E-state index in [0.29, 0.717) is 24.2 Å². The lowest BCUT2D eigenvalue weighted by molar-refractivity contribution is -0.111. The zero-order chi connectivity index (χ0) is 21.6. The summed E-state index contributed by atoms with van der Waals surface area (Å²) in [6.45, 7) is 0. The van der Waals surface area contributed by atoms with Crippen molar-refractivity contribution in [1.29, 1.82) is 0 Å². The van der Waals surface area contributed by atoms with Crippen molar-refractivity contribution < 1.29 is 9.59 Å². The summed E-state index contributed by atoms with van der Waals surface area (Å²) < 4.78 is 0. The van der Waals surface area contributed by atoms with Crippen LogP contribution in [0.5, 0.6) is 0 Å². The van der Waals surface area contributed by atoms with Crippen LogP contribution in [0.2, 0.25) is 0 Å². The number of anilines is 2.